The number of likely N-dealkylation sites (tertiary alicyclic amines) is 1. The number of anilines is 1. The summed E-state index contributed by atoms with van der Waals surface area (Å²) in [6.45, 7) is 1.03. The fourth-order valence-electron chi connectivity index (χ4n) is 2.13. The highest BCUT2D eigenvalue weighted by Gasteiger charge is 2.23. The molecule has 1 aromatic rings. The van der Waals surface area contributed by atoms with Crippen LogP contribution in [0.25, 0.3) is 0 Å². The van der Waals surface area contributed by atoms with E-state index in [2.05, 4.69) is 11.4 Å². The van der Waals surface area contributed by atoms with Gasteiger partial charge in [0.25, 0.3) is 0 Å². The number of nitrogens with zero attached hydrogens (tertiary/aromatic N) is 2. The Morgan fingerprint density at radius 3 is 2.75 bits per heavy atom. The number of nitriles is 1. The Morgan fingerprint density at radius 2 is 2.20 bits per heavy atom. The number of methoxy groups -OCH3 is 1. The molecule has 0 spiro atoms. The summed E-state index contributed by atoms with van der Waals surface area (Å²) in [5.74, 6) is -0.128. The van der Waals surface area contributed by atoms with Gasteiger partial charge < -0.3 is 15.0 Å². The fraction of sp³-hybridized carbons (Fsp3) is 0.429. The van der Waals surface area contributed by atoms with Gasteiger partial charge in [-0.3, -0.25) is 0 Å². The summed E-state index contributed by atoms with van der Waals surface area (Å²) >= 11 is 0. The summed E-state index contributed by atoms with van der Waals surface area (Å²) in [5, 5.41) is 11.3. The molecule has 2 amide bonds. The van der Waals surface area contributed by atoms with Crippen molar-refractivity contribution in [2.45, 2.75) is 12.8 Å². The predicted octanol–water partition coefficient (Wildman–Crippen LogP) is 2.60. The third-order valence-electron chi connectivity index (χ3n) is 3.38. The zero-order chi connectivity index (χ0) is 14.5. The van der Waals surface area contributed by atoms with E-state index in [1.54, 1.807) is 11.0 Å². The quantitative estimate of drug-likeness (QED) is 0.903. The lowest BCUT2D eigenvalue weighted by Gasteiger charge is -2.29. The molecular weight excluding hydrogens is 261 g/mol. The molecule has 0 unspecified atom stereocenters. The van der Waals surface area contributed by atoms with Gasteiger partial charge in [-0.2, -0.15) is 5.26 Å². The van der Waals surface area contributed by atoms with Gasteiger partial charge in [0.1, 0.15) is 11.6 Å². The molecule has 0 bridgehead atoms. The second kappa shape index (κ2) is 6.24. The van der Waals surface area contributed by atoms with E-state index in [0.29, 0.717) is 31.7 Å². The van der Waals surface area contributed by atoms with Crippen molar-refractivity contribution in [3.8, 4) is 11.8 Å². The molecule has 0 aromatic heterocycles. The number of halogens is 1. The summed E-state index contributed by atoms with van der Waals surface area (Å²) in [4.78, 5) is 13.6. The van der Waals surface area contributed by atoms with Crippen LogP contribution in [0.2, 0.25) is 0 Å². The molecule has 20 heavy (non-hydrogen) atoms. The van der Waals surface area contributed by atoms with E-state index in [1.807, 2.05) is 0 Å². The van der Waals surface area contributed by atoms with E-state index in [0.717, 1.165) is 0 Å². The summed E-state index contributed by atoms with van der Waals surface area (Å²) in [5.41, 5.74) is 0.123. The Labute approximate surface area is 116 Å². The monoisotopic (exact) mass is 277 g/mol. The average molecular weight is 277 g/mol. The SMILES string of the molecule is COc1ccc(NC(=O)N2CCC(C#N)CC2)c(F)c1. The Hall–Kier alpha value is -2.29. The van der Waals surface area contributed by atoms with Gasteiger partial charge in [-0.1, -0.05) is 0 Å². The number of carbonyl (C=O) groups is 1. The van der Waals surface area contributed by atoms with E-state index in [4.69, 9.17) is 10.00 Å². The van der Waals surface area contributed by atoms with E-state index >= 15 is 0 Å². The molecule has 2 rings (SSSR count). The van der Waals surface area contributed by atoms with Crippen molar-refractivity contribution in [1.29, 1.82) is 5.26 Å². The molecule has 0 atom stereocenters. The van der Waals surface area contributed by atoms with Crippen LogP contribution in [0.5, 0.6) is 5.75 Å². The number of carbonyl (C=O) groups excluding carboxylic acids is 1. The third kappa shape index (κ3) is 3.18. The molecule has 1 saturated heterocycles. The van der Waals surface area contributed by atoms with Crippen LogP contribution in [-0.2, 0) is 0 Å². The van der Waals surface area contributed by atoms with Crippen LogP contribution in [-0.4, -0.2) is 31.1 Å². The van der Waals surface area contributed by atoms with Crippen LogP contribution in [0.1, 0.15) is 12.8 Å². The number of piperidine rings is 1. The molecule has 5 nitrogen and oxygen atoms in total. The summed E-state index contributed by atoms with van der Waals surface area (Å²) < 4.78 is 18.6. The van der Waals surface area contributed by atoms with Crippen molar-refractivity contribution in [3.05, 3.63) is 24.0 Å². The molecule has 0 radical (unpaired) electrons. The maximum absolute atomic E-state index is 13.7. The minimum Gasteiger partial charge on any atom is -0.497 e. The first kappa shape index (κ1) is 14.1. The van der Waals surface area contributed by atoms with Gasteiger partial charge >= 0.3 is 6.03 Å². The van der Waals surface area contributed by atoms with Gasteiger partial charge in [0, 0.05) is 25.1 Å². The first-order valence-corrected chi connectivity index (χ1v) is 6.43. The third-order valence-corrected chi connectivity index (χ3v) is 3.38. The van der Waals surface area contributed by atoms with Crippen molar-refractivity contribution in [2.75, 3.05) is 25.5 Å². The maximum Gasteiger partial charge on any atom is 0.321 e. The van der Waals surface area contributed by atoms with E-state index in [-0.39, 0.29) is 17.6 Å². The molecule has 1 aromatic carbocycles. The number of rotatable bonds is 2. The Balaban J connectivity index is 1.97. The normalized spacial score (nSPS) is 15.6. The molecule has 1 N–H and O–H groups in total. The second-order valence-electron chi connectivity index (χ2n) is 4.67. The lowest BCUT2D eigenvalue weighted by Crippen LogP contribution is -2.40. The highest BCUT2D eigenvalue weighted by atomic mass is 19.1. The van der Waals surface area contributed by atoms with E-state index in [9.17, 15) is 9.18 Å². The Morgan fingerprint density at radius 1 is 1.50 bits per heavy atom. The van der Waals surface area contributed by atoms with Crippen LogP contribution in [0.15, 0.2) is 18.2 Å². The number of benzene rings is 1. The highest BCUT2D eigenvalue weighted by Crippen LogP contribution is 2.22. The number of nitrogens with one attached hydrogen (secondary N) is 1. The Bertz CT molecular complexity index is 534. The number of ether oxygens (including phenoxy) is 1. The van der Waals surface area contributed by atoms with Crippen LogP contribution < -0.4 is 10.1 Å². The van der Waals surface area contributed by atoms with Crippen molar-refractivity contribution in [1.82, 2.24) is 4.90 Å². The molecular formula is C14H16FN3O2. The zero-order valence-corrected chi connectivity index (χ0v) is 11.2. The molecule has 1 aliphatic rings. The van der Waals surface area contributed by atoms with Crippen LogP contribution >= 0.6 is 0 Å². The molecule has 1 heterocycles. The topological polar surface area (TPSA) is 65.4 Å². The van der Waals surface area contributed by atoms with Crippen molar-refractivity contribution in [3.63, 3.8) is 0 Å². The minimum absolute atomic E-state index is 0.0109. The first-order valence-electron chi connectivity index (χ1n) is 6.43. The number of urea groups is 1. The fourth-order valence-corrected chi connectivity index (χ4v) is 2.13. The lowest BCUT2D eigenvalue weighted by atomic mass is 9.99. The van der Waals surface area contributed by atoms with Gasteiger partial charge in [-0.25, -0.2) is 9.18 Å². The smallest absolute Gasteiger partial charge is 0.321 e. The van der Waals surface area contributed by atoms with Gasteiger partial charge in [0.05, 0.1) is 18.9 Å². The maximum atomic E-state index is 13.7. The number of hydrogen-bond acceptors (Lipinski definition) is 3. The molecule has 106 valence electrons. The first-order chi connectivity index (χ1) is 9.63. The summed E-state index contributed by atoms with van der Waals surface area (Å²) in [6, 6.07) is 6.13. The highest BCUT2D eigenvalue weighted by molar-refractivity contribution is 5.89. The largest absolute Gasteiger partial charge is 0.497 e. The zero-order valence-electron chi connectivity index (χ0n) is 11.2. The van der Waals surface area contributed by atoms with Gasteiger partial charge in [0.15, 0.2) is 0 Å². The van der Waals surface area contributed by atoms with E-state index in [1.165, 1.54) is 19.2 Å². The lowest BCUT2D eigenvalue weighted by molar-refractivity contribution is 0.192. The average Bonchev–Trinajstić information content (AvgIpc) is 2.49. The van der Waals surface area contributed by atoms with Gasteiger partial charge in [-0.05, 0) is 25.0 Å². The van der Waals surface area contributed by atoms with Crippen molar-refractivity contribution < 1.29 is 13.9 Å². The van der Waals surface area contributed by atoms with Crippen molar-refractivity contribution in [2.24, 2.45) is 5.92 Å². The predicted molar refractivity (Wildman–Crippen MR) is 71.9 cm³/mol. The number of amides is 2. The standard InChI is InChI=1S/C14H16FN3O2/c1-20-11-2-3-13(12(15)8-11)17-14(19)18-6-4-10(9-16)5-7-18/h2-3,8,10H,4-7H2,1H3,(H,17,19). The molecule has 0 aliphatic carbocycles. The summed E-state index contributed by atoms with van der Waals surface area (Å²) in [6.07, 6.45) is 1.32. The van der Waals surface area contributed by atoms with Crippen LogP contribution in [0, 0.1) is 23.1 Å². The second-order valence-corrected chi connectivity index (χ2v) is 4.67. The molecule has 0 saturated carbocycles. The van der Waals surface area contributed by atoms with E-state index < -0.39 is 5.82 Å². The van der Waals surface area contributed by atoms with Crippen LogP contribution in [0.3, 0.4) is 0 Å². The molecule has 1 fully saturated rings. The van der Waals surface area contributed by atoms with Gasteiger partial charge in [-0.15, -0.1) is 0 Å². The summed E-state index contributed by atoms with van der Waals surface area (Å²) in [7, 11) is 1.45. The molecule has 1 aliphatic heterocycles. The molecule has 6 heteroatoms. The number of hydrogen-bond donors (Lipinski definition) is 1. The van der Waals surface area contributed by atoms with Crippen molar-refractivity contribution >= 4 is 11.7 Å². The van der Waals surface area contributed by atoms with Crippen LogP contribution in [0.4, 0.5) is 14.9 Å². The van der Waals surface area contributed by atoms with Gasteiger partial charge in [0.2, 0.25) is 0 Å². The minimum atomic E-state index is -0.537. The Kier molecular flexibility index (Phi) is 4.41.